The molecule has 1 unspecified atom stereocenters. The topological polar surface area (TPSA) is 105 Å². The third-order valence-corrected chi connectivity index (χ3v) is 10.4. The Balaban J connectivity index is 1.38. The summed E-state index contributed by atoms with van der Waals surface area (Å²) in [6.07, 6.45) is 4.11. The zero-order valence-electron chi connectivity index (χ0n) is 22.8. The molecule has 0 spiro atoms. The quantitative estimate of drug-likeness (QED) is 0.373. The molecule has 2 bridgehead atoms. The number of hydrogen-bond donors (Lipinski definition) is 2. The maximum atomic E-state index is 15.1. The van der Waals surface area contributed by atoms with E-state index in [1.54, 1.807) is 24.3 Å². The van der Waals surface area contributed by atoms with Crippen LogP contribution < -0.4 is 11.1 Å². The molecule has 3 aromatic rings. The van der Waals surface area contributed by atoms with E-state index in [4.69, 9.17) is 17.3 Å². The molecule has 2 aliphatic heterocycles. The number of piperazine rings is 1. The summed E-state index contributed by atoms with van der Waals surface area (Å²) in [7, 11) is -3.41. The first-order chi connectivity index (χ1) is 20.0. The fourth-order valence-corrected chi connectivity index (χ4v) is 7.95. The Morgan fingerprint density at radius 1 is 1.10 bits per heavy atom. The molecule has 2 saturated heterocycles. The molecule has 0 amide bonds. The largest absolute Gasteiger partial charge is 0.321 e. The van der Waals surface area contributed by atoms with Gasteiger partial charge in [0.15, 0.2) is 5.78 Å². The van der Waals surface area contributed by atoms with Crippen molar-refractivity contribution in [1.29, 1.82) is 0 Å². The van der Waals surface area contributed by atoms with Gasteiger partial charge in [-0.25, -0.2) is 21.6 Å². The van der Waals surface area contributed by atoms with Crippen LogP contribution in [0.5, 0.6) is 0 Å². The van der Waals surface area contributed by atoms with Crippen LogP contribution in [0.1, 0.15) is 47.4 Å². The molecule has 0 saturated carbocycles. The van der Waals surface area contributed by atoms with E-state index >= 15 is 4.39 Å². The number of sulfonamides is 1. The van der Waals surface area contributed by atoms with Crippen molar-refractivity contribution in [3.63, 3.8) is 0 Å². The first-order valence-electron chi connectivity index (χ1n) is 13.9. The molecule has 3 N–H and O–H groups in total. The van der Waals surface area contributed by atoms with Crippen LogP contribution in [0.2, 0.25) is 5.02 Å². The van der Waals surface area contributed by atoms with Crippen LogP contribution in [-0.4, -0.2) is 60.5 Å². The highest BCUT2D eigenvalue weighted by Gasteiger charge is 2.38. The fraction of sp³-hybridized carbons (Fsp3) is 0.400. The average Bonchev–Trinajstić information content (AvgIpc) is 3.05. The molecule has 5 atom stereocenters. The number of fused-ring (bicyclic) bond motifs is 2. The Kier molecular flexibility index (Phi) is 9.34. The van der Waals surface area contributed by atoms with Crippen LogP contribution in [0.15, 0.2) is 54.9 Å². The number of ketones is 1. The van der Waals surface area contributed by atoms with Gasteiger partial charge in [-0.1, -0.05) is 23.7 Å². The van der Waals surface area contributed by atoms with E-state index in [1.807, 2.05) is 0 Å². The predicted molar refractivity (Wildman–Crippen MR) is 154 cm³/mol. The van der Waals surface area contributed by atoms with Crippen molar-refractivity contribution < 1.29 is 26.4 Å². The Hall–Kier alpha value is -2.83. The molecule has 5 rings (SSSR count). The summed E-state index contributed by atoms with van der Waals surface area (Å²) in [5, 5.41) is 3.84. The van der Waals surface area contributed by atoms with Gasteiger partial charge in [-0.2, -0.15) is 4.31 Å². The lowest BCUT2D eigenvalue weighted by Gasteiger charge is -2.37. The summed E-state index contributed by atoms with van der Waals surface area (Å²) in [5.41, 5.74) is 7.77. The SMILES string of the molecule is N[C@H](C(=O)Cc1cncc(F)c1CC[C@H]1CN[C@@H]2CCCS(=O)(=O)N1C2)[C@@H](c1ccc(Cl)cc1)c1cc(F)cc(F)c1. The Morgan fingerprint density at radius 3 is 2.52 bits per heavy atom. The maximum Gasteiger partial charge on any atom is 0.214 e. The summed E-state index contributed by atoms with van der Waals surface area (Å²) in [5.74, 6) is -3.52. The van der Waals surface area contributed by atoms with E-state index in [-0.39, 0.29) is 41.8 Å². The number of halogens is 4. The van der Waals surface area contributed by atoms with Gasteiger partial charge < -0.3 is 11.1 Å². The Morgan fingerprint density at radius 2 is 1.81 bits per heavy atom. The number of pyridine rings is 1. The number of nitrogens with zero attached hydrogens (tertiary/aromatic N) is 2. The number of benzene rings is 2. The molecule has 2 aromatic carbocycles. The number of hydrogen-bond acceptors (Lipinski definition) is 6. The van der Waals surface area contributed by atoms with Gasteiger partial charge in [0.25, 0.3) is 0 Å². The van der Waals surface area contributed by atoms with E-state index in [2.05, 4.69) is 10.3 Å². The highest BCUT2D eigenvalue weighted by atomic mass is 35.5. The zero-order valence-corrected chi connectivity index (χ0v) is 24.4. The number of nitrogens with two attached hydrogens (primary N) is 1. The number of carbonyl (C=O) groups excluding carboxylic acids is 1. The highest BCUT2D eigenvalue weighted by Crippen LogP contribution is 2.31. The maximum absolute atomic E-state index is 15.1. The second kappa shape index (κ2) is 12.8. The highest BCUT2D eigenvalue weighted by molar-refractivity contribution is 7.89. The van der Waals surface area contributed by atoms with Gasteiger partial charge in [0.05, 0.1) is 18.0 Å². The van der Waals surface area contributed by atoms with Crippen LogP contribution in [0.25, 0.3) is 0 Å². The van der Waals surface area contributed by atoms with Crippen molar-refractivity contribution in [2.75, 3.05) is 18.8 Å². The molecule has 2 fully saturated rings. The van der Waals surface area contributed by atoms with Crippen molar-refractivity contribution >= 4 is 27.4 Å². The molecular formula is C30H32ClF3N4O3S. The second-order valence-electron chi connectivity index (χ2n) is 11.0. The summed E-state index contributed by atoms with van der Waals surface area (Å²) >= 11 is 6.03. The third-order valence-electron chi connectivity index (χ3n) is 8.15. The first kappa shape index (κ1) is 30.6. The van der Waals surface area contributed by atoms with Crippen LogP contribution in [0.4, 0.5) is 13.2 Å². The van der Waals surface area contributed by atoms with Crippen molar-refractivity contribution in [3.05, 3.63) is 99.6 Å². The van der Waals surface area contributed by atoms with Gasteiger partial charge in [0, 0.05) is 54.8 Å². The molecule has 224 valence electrons. The third kappa shape index (κ3) is 6.86. The van der Waals surface area contributed by atoms with E-state index in [9.17, 15) is 22.0 Å². The van der Waals surface area contributed by atoms with Gasteiger partial charge >= 0.3 is 0 Å². The monoisotopic (exact) mass is 620 g/mol. The summed E-state index contributed by atoms with van der Waals surface area (Å²) in [4.78, 5) is 17.5. The number of carbonyl (C=O) groups is 1. The molecule has 3 heterocycles. The van der Waals surface area contributed by atoms with Crippen LogP contribution in [0, 0.1) is 17.5 Å². The lowest BCUT2D eigenvalue weighted by Crippen LogP contribution is -2.57. The standard InChI is InChI=1S/C30H32ClF3N4O3S/c31-21-5-3-18(4-6-21)29(19-10-22(32)13-23(33)11-19)30(35)28(39)12-20-14-36-16-27(34)26(20)8-7-25-15-37-24-2-1-9-42(40,41)38(25)17-24/h3-6,10-11,13-14,16,24-25,29-30,37H,1-2,7-9,12,15,17,35H2/t24-,25+,29+,30-/m1/s1. The molecule has 12 heteroatoms. The normalized spacial score (nSPS) is 23.1. The van der Waals surface area contributed by atoms with E-state index < -0.39 is 45.2 Å². The lowest BCUT2D eigenvalue weighted by molar-refractivity contribution is -0.119. The van der Waals surface area contributed by atoms with Gasteiger partial charge in [-0.3, -0.25) is 9.78 Å². The van der Waals surface area contributed by atoms with E-state index in [0.29, 0.717) is 42.1 Å². The lowest BCUT2D eigenvalue weighted by atomic mass is 9.82. The van der Waals surface area contributed by atoms with Crippen LogP contribution in [0.3, 0.4) is 0 Å². The van der Waals surface area contributed by atoms with Gasteiger partial charge in [-0.15, -0.1) is 0 Å². The van der Waals surface area contributed by atoms with E-state index in [0.717, 1.165) is 30.8 Å². The number of Topliss-reactive ketones (excluding diaryl/α,β-unsaturated/α-hetero) is 1. The minimum atomic E-state index is -3.41. The van der Waals surface area contributed by atoms with E-state index in [1.165, 1.54) is 10.5 Å². The summed E-state index contributed by atoms with van der Waals surface area (Å²) < 4.78 is 70.7. The fourth-order valence-electron chi connectivity index (χ4n) is 6.01. The molecular weight excluding hydrogens is 589 g/mol. The van der Waals surface area contributed by atoms with Gasteiger partial charge in [0.2, 0.25) is 10.0 Å². The summed E-state index contributed by atoms with van der Waals surface area (Å²) in [6.45, 7) is 0.849. The minimum absolute atomic E-state index is 0.0902. The van der Waals surface area contributed by atoms with Crippen molar-refractivity contribution in [2.45, 2.75) is 56.1 Å². The number of rotatable bonds is 9. The van der Waals surface area contributed by atoms with Crippen molar-refractivity contribution in [2.24, 2.45) is 5.73 Å². The molecule has 1 aromatic heterocycles. The van der Waals surface area contributed by atoms with Crippen LogP contribution >= 0.6 is 11.6 Å². The molecule has 42 heavy (non-hydrogen) atoms. The number of nitrogens with one attached hydrogen (secondary N) is 1. The predicted octanol–water partition coefficient (Wildman–Crippen LogP) is 4.12. The average molecular weight is 621 g/mol. The molecule has 2 aliphatic rings. The first-order valence-corrected chi connectivity index (χ1v) is 15.8. The van der Waals surface area contributed by atoms with Gasteiger partial charge in [0.1, 0.15) is 17.5 Å². The Bertz CT molecular complexity index is 1540. The Labute approximate surface area is 248 Å². The number of aromatic nitrogens is 1. The second-order valence-corrected chi connectivity index (χ2v) is 13.5. The van der Waals surface area contributed by atoms with Crippen molar-refractivity contribution in [1.82, 2.24) is 14.6 Å². The van der Waals surface area contributed by atoms with Crippen LogP contribution in [-0.2, 0) is 27.7 Å². The zero-order chi connectivity index (χ0) is 30.0. The van der Waals surface area contributed by atoms with Crippen molar-refractivity contribution in [3.8, 4) is 0 Å². The molecule has 0 aliphatic carbocycles. The molecule has 7 nitrogen and oxygen atoms in total. The minimum Gasteiger partial charge on any atom is -0.321 e. The molecule has 0 radical (unpaired) electrons. The van der Waals surface area contributed by atoms with Gasteiger partial charge in [-0.05, 0) is 72.2 Å². The summed E-state index contributed by atoms with van der Waals surface area (Å²) in [6, 6.07) is 7.98. The smallest absolute Gasteiger partial charge is 0.214 e.